The molecule has 13 nitrogen and oxygen atoms in total. The van der Waals surface area contributed by atoms with Gasteiger partial charge in [-0.05, 0) is 57.8 Å². The molecule has 0 radical (unpaired) electrons. The first-order chi connectivity index (χ1) is 28.7. The summed E-state index contributed by atoms with van der Waals surface area (Å²) in [6.45, 7) is 3.98. The second-order valence-corrected chi connectivity index (χ2v) is 18.8. The van der Waals surface area contributed by atoms with Crippen molar-refractivity contribution in [2.75, 3.05) is 47.5 Å². The predicted molar refractivity (Wildman–Crippen MR) is 237 cm³/mol. The monoisotopic (exact) mass is 875 g/mol. The Kier molecular flexibility index (Phi) is 32.3. The van der Waals surface area contributed by atoms with Gasteiger partial charge in [0.1, 0.15) is 19.8 Å². The number of allylic oxidation sites excluding steroid dienone is 4. The topological polar surface area (TPSA) is 178 Å². The minimum atomic E-state index is -4.44. The Balaban J connectivity index is 2.52. The number of phosphoric ester groups is 1. The molecule has 0 aliphatic carbocycles. The molecule has 60 heavy (non-hydrogen) atoms. The highest BCUT2D eigenvalue weighted by Crippen LogP contribution is 2.43. The molecule has 0 aromatic rings. The number of likely N-dealkylation sites (N-methyl/N-ethyl adjacent to an activating group) is 1. The number of rotatable bonds is 37. The molecule has 1 saturated heterocycles. The second-order valence-electron chi connectivity index (χ2n) is 17.3. The highest BCUT2D eigenvalue weighted by molar-refractivity contribution is 7.47. The summed E-state index contributed by atoms with van der Waals surface area (Å²) in [4.78, 5) is 35.6. The SMILES string of the molecule is CCCCCC/C=C\CCCCCCCCCC(=O)O[C@H](COC(=O)CCC/C=C\C[C@H]1[C@@H](O)CC(O)O[C@@H]1/C=C/[C@@H](O)CCCCC)COP(=O)(O)OCC[N+](C)(C)C. The van der Waals surface area contributed by atoms with Crippen molar-refractivity contribution in [3.63, 3.8) is 0 Å². The quantitative estimate of drug-likeness (QED) is 0.0153. The molecule has 1 heterocycles. The van der Waals surface area contributed by atoms with E-state index in [0.717, 1.165) is 44.9 Å². The molecule has 2 unspecified atom stereocenters. The van der Waals surface area contributed by atoms with Crippen molar-refractivity contribution in [2.24, 2.45) is 5.92 Å². The normalized spacial score (nSPS) is 20.8. The maximum atomic E-state index is 12.7. The number of aliphatic hydroxyl groups is 3. The van der Waals surface area contributed by atoms with Crippen LogP contribution in [0.1, 0.15) is 162 Å². The zero-order valence-corrected chi connectivity index (χ0v) is 38.9. The van der Waals surface area contributed by atoms with Gasteiger partial charge >= 0.3 is 19.8 Å². The van der Waals surface area contributed by atoms with Gasteiger partial charge in [-0.3, -0.25) is 18.6 Å². The number of hydrogen-bond donors (Lipinski definition) is 4. The molecule has 1 aliphatic rings. The molecule has 0 bridgehead atoms. The van der Waals surface area contributed by atoms with Crippen molar-refractivity contribution >= 4 is 19.8 Å². The van der Waals surface area contributed by atoms with E-state index in [2.05, 4.69) is 26.0 Å². The number of hydrogen-bond acceptors (Lipinski definition) is 11. The lowest BCUT2D eigenvalue weighted by molar-refractivity contribution is -0.870. The van der Waals surface area contributed by atoms with Crippen molar-refractivity contribution in [1.29, 1.82) is 0 Å². The molecular weight excluding hydrogens is 789 g/mol. The van der Waals surface area contributed by atoms with Crippen LogP contribution < -0.4 is 0 Å². The molecule has 14 heteroatoms. The molecule has 1 rings (SSSR count). The maximum absolute atomic E-state index is 12.7. The molecule has 0 spiro atoms. The summed E-state index contributed by atoms with van der Waals surface area (Å²) in [7, 11) is 1.32. The molecule has 0 saturated carbocycles. The van der Waals surface area contributed by atoms with Gasteiger partial charge in [-0.2, -0.15) is 0 Å². The van der Waals surface area contributed by atoms with Crippen LogP contribution >= 0.6 is 7.82 Å². The Hall–Kier alpha value is -1.93. The molecule has 1 fully saturated rings. The minimum Gasteiger partial charge on any atom is -0.462 e. The van der Waals surface area contributed by atoms with Crippen molar-refractivity contribution in [3.05, 3.63) is 36.5 Å². The van der Waals surface area contributed by atoms with Crippen LogP contribution in [-0.2, 0) is 37.4 Å². The largest absolute Gasteiger partial charge is 0.472 e. The number of phosphoric acid groups is 1. The lowest BCUT2D eigenvalue weighted by Gasteiger charge is -2.36. The molecule has 0 aromatic heterocycles. The first-order valence-corrected chi connectivity index (χ1v) is 24.6. The van der Waals surface area contributed by atoms with Gasteiger partial charge in [0, 0.05) is 25.2 Å². The third-order valence-corrected chi connectivity index (χ3v) is 11.4. The van der Waals surface area contributed by atoms with Crippen molar-refractivity contribution in [3.8, 4) is 0 Å². The van der Waals surface area contributed by atoms with E-state index in [1.165, 1.54) is 51.4 Å². The Morgan fingerprint density at radius 2 is 1.35 bits per heavy atom. The van der Waals surface area contributed by atoms with Crippen LogP contribution in [0.3, 0.4) is 0 Å². The summed E-state index contributed by atoms with van der Waals surface area (Å²) < 4.78 is 39.9. The highest BCUT2D eigenvalue weighted by atomic mass is 31.2. The fourth-order valence-electron chi connectivity index (χ4n) is 6.69. The van der Waals surface area contributed by atoms with Crippen molar-refractivity contribution in [2.45, 2.75) is 192 Å². The number of ether oxygens (including phenoxy) is 3. The van der Waals surface area contributed by atoms with Crippen LogP contribution in [0.4, 0.5) is 0 Å². The summed E-state index contributed by atoms with van der Waals surface area (Å²) in [6.07, 6.45) is 28.1. The van der Waals surface area contributed by atoms with Crippen LogP contribution in [0, 0.1) is 5.92 Å². The number of quaternary nitrogens is 1. The van der Waals surface area contributed by atoms with Gasteiger partial charge in [0.25, 0.3) is 0 Å². The Labute approximate surface area is 363 Å². The van der Waals surface area contributed by atoms with Crippen LogP contribution in [-0.4, -0.2) is 115 Å². The van der Waals surface area contributed by atoms with E-state index < -0.39 is 57.1 Å². The standard InChI is InChI=1S/C46H84NO12P/c1-6-8-10-11-12-13-14-15-16-17-18-19-20-21-27-31-45(51)58-40(38-57-60(53,54)56-35-34-47(3,4)5)37-55-44(50)30-26-23-22-25-29-41-42(49)36-46(52)59-43(41)33-32-39(48)28-24-9-7-2/h13-14,22,25,32-33,39-43,46,48-49,52H,6-12,15-21,23-24,26-31,34-38H2,1-5H3/p+1/b14-13-,25-22-,33-32+/t39-,40+,41-,42-,43+,46?/m0/s1. The van der Waals surface area contributed by atoms with E-state index in [9.17, 15) is 34.4 Å². The van der Waals surface area contributed by atoms with E-state index in [-0.39, 0.29) is 38.4 Å². The Morgan fingerprint density at radius 3 is 2.02 bits per heavy atom. The van der Waals surface area contributed by atoms with Gasteiger partial charge in [0.2, 0.25) is 0 Å². The fraction of sp³-hybridized carbons (Fsp3) is 0.826. The van der Waals surface area contributed by atoms with Crippen LogP contribution in [0.5, 0.6) is 0 Å². The van der Waals surface area contributed by atoms with E-state index in [1.807, 2.05) is 33.3 Å². The zero-order chi connectivity index (χ0) is 44.5. The van der Waals surface area contributed by atoms with E-state index in [0.29, 0.717) is 43.1 Å². The molecule has 0 aromatic carbocycles. The highest BCUT2D eigenvalue weighted by Gasteiger charge is 2.35. The average molecular weight is 875 g/mol. The first-order valence-electron chi connectivity index (χ1n) is 23.1. The summed E-state index contributed by atoms with van der Waals surface area (Å²) in [6, 6.07) is 0. The lowest BCUT2D eigenvalue weighted by atomic mass is 9.87. The number of carbonyl (C=O) groups excluding carboxylic acids is 2. The molecule has 4 N–H and O–H groups in total. The van der Waals surface area contributed by atoms with Crippen LogP contribution in [0.2, 0.25) is 0 Å². The Bertz CT molecular complexity index is 1240. The van der Waals surface area contributed by atoms with Gasteiger partial charge in [0.15, 0.2) is 12.4 Å². The van der Waals surface area contributed by atoms with Crippen molar-refractivity contribution < 1.29 is 62.1 Å². The van der Waals surface area contributed by atoms with Gasteiger partial charge in [0.05, 0.1) is 46.1 Å². The number of nitrogens with zero attached hydrogens (tertiary/aromatic N) is 1. The number of unbranched alkanes of at least 4 members (excludes halogenated alkanes) is 14. The van der Waals surface area contributed by atoms with Crippen molar-refractivity contribution in [1.82, 2.24) is 0 Å². The van der Waals surface area contributed by atoms with Gasteiger partial charge < -0.3 is 38.9 Å². The molecule has 1 aliphatic heterocycles. The number of esters is 2. The minimum absolute atomic E-state index is 0.0134. The van der Waals surface area contributed by atoms with E-state index in [4.69, 9.17) is 23.3 Å². The first kappa shape index (κ1) is 56.1. The van der Waals surface area contributed by atoms with Gasteiger partial charge in [-0.25, -0.2) is 4.57 Å². The summed E-state index contributed by atoms with van der Waals surface area (Å²) in [5.74, 6) is -1.30. The summed E-state index contributed by atoms with van der Waals surface area (Å²) in [5.41, 5.74) is 0. The smallest absolute Gasteiger partial charge is 0.462 e. The third-order valence-electron chi connectivity index (χ3n) is 10.4. The molecular formula is C46H85NO12P+. The van der Waals surface area contributed by atoms with Gasteiger partial charge in [-0.15, -0.1) is 0 Å². The molecule has 7 atom stereocenters. The third kappa shape index (κ3) is 31.8. The fourth-order valence-corrected chi connectivity index (χ4v) is 7.44. The van der Waals surface area contributed by atoms with Crippen LogP contribution in [0.25, 0.3) is 0 Å². The predicted octanol–water partition coefficient (Wildman–Crippen LogP) is 9.02. The van der Waals surface area contributed by atoms with Gasteiger partial charge in [-0.1, -0.05) is 121 Å². The van der Waals surface area contributed by atoms with E-state index in [1.54, 1.807) is 12.2 Å². The van der Waals surface area contributed by atoms with E-state index >= 15 is 0 Å². The number of carbonyl (C=O) groups is 2. The summed E-state index contributed by atoms with van der Waals surface area (Å²) in [5, 5.41) is 31.0. The summed E-state index contributed by atoms with van der Waals surface area (Å²) >= 11 is 0. The van der Waals surface area contributed by atoms with Crippen LogP contribution in [0.15, 0.2) is 36.5 Å². The zero-order valence-electron chi connectivity index (χ0n) is 38.0. The molecule has 350 valence electrons. The average Bonchev–Trinajstić information content (AvgIpc) is 3.18. The number of aliphatic hydroxyl groups excluding tert-OH is 3. The second kappa shape index (κ2) is 34.5. The lowest BCUT2D eigenvalue weighted by Crippen LogP contribution is -2.43. The Morgan fingerprint density at radius 1 is 0.767 bits per heavy atom. The molecule has 0 amide bonds. The maximum Gasteiger partial charge on any atom is 0.472 e.